The Kier molecular flexibility index (Phi) is 6.12. The number of hydrogen-bond donors (Lipinski definition) is 0. The van der Waals surface area contributed by atoms with Gasteiger partial charge in [-0.3, -0.25) is 0 Å². The van der Waals surface area contributed by atoms with Crippen molar-refractivity contribution < 1.29 is 11.3 Å². The SMILES string of the molecule is [2H]c1c([2H])c([2H])c(-c2nc(-c3ccc4c(ccc5ccccc54)c3)nc(-c3cc(-n4c5ccccc5c5ccccc54)cc4c3oc3ccc(-c5ccccc5)cc34)n2)c([2H])c1[2H]. The number of fused-ring (bicyclic) bond motifs is 9. The zero-order chi connectivity index (χ0) is 42.5. The Morgan fingerprint density at radius 1 is 0.414 bits per heavy atom. The maximum absolute atomic E-state index is 8.99. The third-order valence-electron chi connectivity index (χ3n) is 11.1. The van der Waals surface area contributed by atoms with Crippen molar-refractivity contribution in [3.63, 3.8) is 0 Å². The molecular formula is C53H32N4O. The van der Waals surface area contributed by atoms with Crippen LogP contribution in [0.5, 0.6) is 0 Å². The van der Waals surface area contributed by atoms with Crippen LogP contribution < -0.4 is 0 Å². The van der Waals surface area contributed by atoms with Gasteiger partial charge in [0.05, 0.1) is 23.5 Å². The third-order valence-corrected chi connectivity index (χ3v) is 11.1. The van der Waals surface area contributed by atoms with E-state index in [1.807, 2.05) is 91.0 Å². The minimum absolute atomic E-state index is 0.0523. The largest absolute Gasteiger partial charge is 0.455 e. The van der Waals surface area contributed by atoms with Gasteiger partial charge in [0.1, 0.15) is 11.2 Å². The highest BCUT2D eigenvalue weighted by Gasteiger charge is 2.22. The van der Waals surface area contributed by atoms with Gasteiger partial charge in [0.15, 0.2) is 17.5 Å². The average molecular weight is 746 g/mol. The first-order valence-electron chi connectivity index (χ1n) is 21.6. The molecule has 0 saturated heterocycles. The predicted octanol–water partition coefficient (Wildman–Crippen LogP) is 13.8. The van der Waals surface area contributed by atoms with Crippen molar-refractivity contribution in [1.29, 1.82) is 0 Å². The van der Waals surface area contributed by atoms with Crippen molar-refractivity contribution in [1.82, 2.24) is 19.5 Å². The number of rotatable bonds is 5. The van der Waals surface area contributed by atoms with Gasteiger partial charge in [-0.2, -0.15) is 0 Å². The Hall–Kier alpha value is -7.89. The summed E-state index contributed by atoms with van der Waals surface area (Å²) in [7, 11) is 0. The van der Waals surface area contributed by atoms with Crippen LogP contribution in [0.4, 0.5) is 0 Å². The van der Waals surface area contributed by atoms with E-state index >= 15 is 0 Å². The molecule has 0 atom stereocenters. The molecule has 0 N–H and O–H groups in total. The van der Waals surface area contributed by atoms with E-state index in [4.69, 9.17) is 26.2 Å². The standard InChI is InChI=1S/C53H32N4O/c1-3-13-33(14-4-1)36-26-28-49-44(30-36)45-31-39(57-47-21-11-9-19-42(47)43-20-10-12-22-48(43)57)32-46(50(45)58-49)53-55-51(35-16-5-2-6-17-35)54-52(56-53)38-25-27-41-37(29-38)24-23-34-15-7-8-18-40(34)41/h1-32H/i2D,5D,6D,16D,17D. The highest BCUT2D eigenvalue weighted by Crippen LogP contribution is 2.41. The van der Waals surface area contributed by atoms with E-state index in [1.54, 1.807) is 0 Å². The molecule has 270 valence electrons. The molecule has 5 heteroatoms. The summed E-state index contributed by atoms with van der Waals surface area (Å²) >= 11 is 0. The van der Waals surface area contributed by atoms with Crippen molar-refractivity contribution in [2.75, 3.05) is 0 Å². The number of aromatic nitrogens is 4. The van der Waals surface area contributed by atoms with Gasteiger partial charge in [0, 0.05) is 38.4 Å². The summed E-state index contributed by atoms with van der Waals surface area (Å²) in [4.78, 5) is 15.1. The van der Waals surface area contributed by atoms with Crippen LogP contribution in [0.2, 0.25) is 0 Å². The molecule has 12 aromatic rings. The van der Waals surface area contributed by atoms with Crippen LogP contribution in [0.3, 0.4) is 0 Å². The second kappa shape index (κ2) is 12.8. The lowest BCUT2D eigenvalue weighted by molar-refractivity contribution is 0.669. The van der Waals surface area contributed by atoms with Gasteiger partial charge in [-0.1, -0.05) is 152 Å². The first kappa shape index (κ1) is 27.7. The fourth-order valence-corrected chi connectivity index (χ4v) is 8.42. The van der Waals surface area contributed by atoms with Crippen molar-refractivity contribution >= 4 is 65.3 Å². The molecule has 0 bridgehead atoms. The quantitative estimate of drug-likeness (QED) is 0.165. The van der Waals surface area contributed by atoms with Crippen molar-refractivity contribution in [3.05, 3.63) is 194 Å². The molecular weight excluding hydrogens is 709 g/mol. The maximum Gasteiger partial charge on any atom is 0.167 e. The topological polar surface area (TPSA) is 56.7 Å². The first-order valence-corrected chi connectivity index (χ1v) is 19.1. The van der Waals surface area contributed by atoms with Gasteiger partial charge in [-0.05, 0) is 75.1 Å². The Morgan fingerprint density at radius 2 is 1.05 bits per heavy atom. The van der Waals surface area contributed by atoms with Gasteiger partial charge < -0.3 is 8.98 Å². The van der Waals surface area contributed by atoms with Crippen molar-refractivity contribution in [2.24, 2.45) is 0 Å². The minimum atomic E-state index is -0.497. The van der Waals surface area contributed by atoms with E-state index in [0.29, 0.717) is 22.3 Å². The van der Waals surface area contributed by atoms with Crippen LogP contribution in [-0.4, -0.2) is 19.5 Å². The number of para-hydroxylation sites is 2. The Morgan fingerprint density at radius 3 is 1.84 bits per heavy atom. The molecule has 0 saturated carbocycles. The third kappa shape index (κ3) is 5.14. The predicted molar refractivity (Wildman–Crippen MR) is 238 cm³/mol. The number of nitrogens with zero attached hydrogens (tertiary/aromatic N) is 4. The van der Waals surface area contributed by atoms with E-state index in [9.17, 15) is 0 Å². The van der Waals surface area contributed by atoms with Crippen LogP contribution in [0, 0.1) is 0 Å². The normalized spacial score (nSPS) is 13.0. The van der Waals surface area contributed by atoms with E-state index < -0.39 is 30.2 Å². The van der Waals surface area contributed by atoms with Gasteiger partial charge in [-0.15, -0.1) is 0 Å². The molecule has 0 aliphatic rings. The molecule has 5 nitrogen and oxygen atoms in total. The summed E-state index contributed by atoms with van der Waals surface area (Å²) in [5.41, 5.74) is 7.28. The summed E-state index contributed by atoms with van der Waals surface area (Å²) in [6, 6.07) is 53.3. The Bertz CT molecular complexity index is 3800. The molecule has 3 heterocycles. The van der Waals surface area contributed by atoms with E-state index in [2.05, 4.69) is 77.4 Å². The molecule has 0 aliphatic heterocycles. The van der Waals surface area contributed by atoms with Crippen LogP contribution in [0.15, 0.2) is 198 Å². The number of hydrogen-bond acceptors (Lipinski definition) is 4. The zero-order valence-corrected chi connectivity index (χ0v) is 30.8. The van der Waals surface area contributed by atoms with E-state index in [-0.39, 0.29) is 23.0 Å². The molecule has 12 rings (SSSR count). The molecule has 0 unspecified atom stereocenters. The lowest BCUT2D eigenvalue weighted by atomic mass is 10.00. The van der Waals surface area contributed by atoms with Crippen molar-refractivity contribution in [3.8, 4) is 51.0 Å². The number of furan rings is 1. The zero-order valence-electron chi connectivity index (χ0n) is 35.8. The van der Waals surface area contributed by atoms with E-state index in [1.165, 1.54) is 0 Å². The summed E-state index contributed by atoms with van der Waals surface area (Å²) in [6.45, 7) is 0. The molecule has 0 radical (unpaired) electrons. The average Bonchev–Trinajstić information content (AvgIpc) is 3.88. The highest BCUT2D eigenvalue weighted by molar-refractivity contribution is 6.13. The van der Waals surface area contributed by atoms with Gasteiger partial charge in [-0.25, -0.2) is 15.0 Å². The molecule has 0 amide bonds. The summed E-state index contributed by atoms with van der Waals surface area (Å²) < 4.78 is 52.5. The molecule has 3 aromatic heterocycles. The lowest BCUT2D eigenvalue weighted by Gasteiger charge is -2.13. The van der Waals surface area contributed by atoms with E-state index in [0.717, 1.165) is 70.9 Å². The van der Waals surface area contributed by atoms with Gasteiger partial charge in [0.2, 0.25) is 0 Å². The monoisotopic (exact) mass is 745 g/mol. The fraction of sp³-hybridized carbons (Fsp3) is 0. The first-order chi connectivity index (χ1) is 30.8. The van der Waals surface area contributed by atoms with Crippen LogP contribution >= 0.6 is 0 Å². The molecule has 0 fully saturated rings. The van der Waals surface area contributed by atoms with Gasteiger partial charge in [0.25, 0.3) is 0 Å². The Balaban J connectivity index is 1.18. The fourth-order valence-electron chi connectivity index (χ4n) is 8.42. The maximum atomic E-state index is 8.99. The summed E-state index contributed by atoms with van der Waals surface area (Å²) in [6.07, 6.45) is 0. The second-order valence-corrected chi connectivity index (χ2v) is 14.4. The van der Waals surface area contributed by atoms with Crippen LogP contribution in [0.1, 0.15) is 6.85 Å². The molecule has 58 heavy (non-hydrogen) atoms. The van der Waals surface area contributed by atoms with Crippen LogP contribution in [-0.2, 0) is 0 Å². The molecule has 0 aliphatic carbocycles. The second-order valence-electron chi connectivity index (χ2n) is 14.4. The smallest absolute Gasteiger partial charge is 0.167 e. The summed E-state index contributed by atoms with van der Waals surface area (Å²) in [5.74, 6) is 0.439. The summed E-state index contributed by atoms with van der Waals surface area (Å²) in [5, 5.41) is 8.22. The molecule has 9 aromatic carbocycles. The van der Waals surface area contributed by atoms with Crippen molar-refractivity contribution in [2.45, 2.75) is 0 Å². The highest BCUT2D eigenvalue weighted by atomic mass is 16.3. The number of benzene rings is 9. The lowest BCUT2D eigenvalue weighted by Crippen LogP contribution is -2.01. The minimum Gasteiger partial charge on any atom is -0.455 e. The molecule has 0 spiro atoms. The van der Waals surface area contributed by atoms with Crippen LogP contribution in [0.25, 0.3) is 116 Å². The van der Waals surface area contributed by atoms with Gasteiger partial charge >= 0.3 is 0 Å². The Labute approximate surface area is 340 Å².